The molecule has 16 nitrogen and oxygen atoms in total. The fourth-order valence-corrected chi connectivity index (χ4v) is 10.0. The van der Waals surface area contributed by atoms with Crippen LogP contribution in [0.1, 0.15) is 60.4 Å². The van der Waals surface area contributed by atoms with Crippen molar-refractivity contribution in [3.05, 3.63) is 48.3 Å². The molecule has 0 aromatic carbocycles. The minimum atomic E-state index is -1.99. The first-order chi connectivity index (χ1) is 24.6. The highest BCUT2D eigenvalue weighted by Crippen LogP contribution is 2.54. The minimum absolute atomic E-state index is 0. The Bertz CT molecular complexity index is 1990. The second-order valence-electron chi connectivity index (χ2n) is 16.2. The van der Waals surface area contributed by atoms with E-state index in [9.17, 15) is 20.6 Å². The lowest BCUT2D eigenvalue weighted by Gasteiger charge is -2.43. The lowest BCUT2D eigenvalue weighted by Crippen LogP contribution is -2.55. The molecule has 0 spiro atoms. The summed E-state index contributed by atoms with van der Waals surface area (Å²) in [6, 6.07) is 9.79. The summed E-state index contributed by atoms with van der Waals surface area (Å²) < 4.78 is 30.0. The summed E-state index contributed by atoms with van der Waals surface area (Å²) >= 11 is 0. The molecule has 4 aromatic rings. The maximum atomic E-state index is 10.8. The number of fused-ring (bicyclic) bond motifs is 2. The Kier molecular flexibility index (Phi) is 13.2. The van der Waals surface area contributed by atoms with Gasteiger partial charge in [-0.15, -0.1) is 0 Å². The molecular formula is C37H63N9O7Si2. The summed E-state index contributed by atoms with van der Waals surface area (Å²) in [7, 11) is -0.212. The third-order valence-electron chi connectivity index (χ3n) is 10.8. The number of methoxy groups -OCH3 is 1. The number of nitrogen functional groups attached to an aromatic ring is 1. The molecule has 306 valence electrons. The van der Waals surface area contributed by atoms with Gasteiger partial charge in [0.25, 0.3) is 0 Å². The van der Waals surface area contributed by atoms with Crippen molar-refractivity contribution in [2.45, 2.75) is 129 Å². The Hall–Kier alpha value is -3.52. The minimum Gasteiger partial charge on any atom is -0.408 e. The Morgan fingerprint density at radius 3 is 2.04 bits per heavy atom. The van der Waals surface area contributed by atoms with Crippen molar-refractivity contribution >= 4 is 39.2 Å². The first-order valence-corrected chi connectivity index (χ1v) is 24.7. The van der Waals surface area contributed by atoms with E-state index in [1.165, 1.54) is 24.9 Å². The summed E-state index contributed by atoms with van der Waals surface area (Å²) in [6.45, 7) is 20.5. The van der Waals surface area contributed by atoms with Gasteiger partial charge >= 0.3 is 0 Å². The summed E-state index contributed by atoms with van der Waals surface area (Å²) in [5, 5.41) is 49.6. The summed E-state index contributed by atoms with van der Waals surface area (Å²) in [6.07, 6.45) is 1.23. The van der Waals surface area contributed by atoms with Crippen LogP contribution in [0.5, 0.6) is 0 Å². The van der Waals surface area contributed by atoms with Crippen molar-refractivity contribution in [1.29, 1.82) is 5.26 Å². The van der Waals surface area contributed by atoms with Crippen LogP contribution in [0.4, 0.5) is 11.6 Å². The smallest absolute Gasteiger partial charge is 0.244 e. The number of aliphatic hydroxyl groups excluding tert-OH is 2. The molecule has 0 bridgehead atoms. The van der Waals surface area contributed by atoms with Crippen LogP contribution in [0, 0.1) is 17.2 Å². The molecule has 2 saturated heterocycles. The van der Waals surface area contributed by atoms with Crippen LogP contribution in [0.25, 0.3) is 11.0 Å². The van der Waals surface area contributed by atoms with E-state index in [-0.39, 0.29) is 32.7 Å². The number of hydrogen-bond acceptors (Lipinski definition) is 14. The number of rotatable bonds is 9. The van der Waals surface area contributed by atoms with Gasteiger partial charge in [0, 0.05) is 13.0 Å². The van der Waals surface area contributed by atoms with Gasteiger partial charge in [0.1, 0.15) is 67.3 Å². The molecule has 2 unspecified atom stereocenters. The van der Waals surface area contributed by atoms with E-state index in [4.69, 9.17) is 24.4 Å². The lowest BCUT2D eigenvalue weighted by molar-refractivity contribution is -0.290. The Morgan fingerprint density at radius 1 is 0.964 bits per heavy atom. The Labute approximate surface area is 327 Å². The summed E-state index contributed by atoms with van der Waals surface area (Å²) in [5.74, 6) is -0.531. The molecular weight excluding hydrogens is 739 g/mol. The number of nitrogens with two attached hydrogens (primary N) is 1. The van der Waals surface area contributed by atoms with E-state index in [2.05, 4.69) is 91.0 Å². The first kappa shape index (κ1) is 45.9. The fraction of sp³-hybridized carbons (Fsp3) is 0.649. The van der Waals surface area contributed by atoms with Crippen molar-refractivity contribution in [2.24, 2.45) is 5.92 Å². The fourth-order valence-electron chi connectivity index (χ4n) is 7.60. The Balaban J connectivity index is 0.000000300. The van der Waals surface area contributed by atoms with Gasteiger partial charge in [-0.2, -0.15) is 15.5 Å². The topological polar surface area (TPSA) is 211 Å². The van der Waals surface area contributed by atoms with Crippen molar-refractivity contribution in [2.75, 3.05) is 31.1 Å². The van der Waals surface area contributed by atoms with Gasteiger partial charge in [-0.25, -0.2) is 19.0 Å². The standard InChI is InChI=1S/C22H37N5O2Si2.C13H18N4O5.2CH4/c1-11-18-16(2)21(3,29-31(8,9)10)22(14-23,28-18)19-13-12-17-20(24-15-25-27(17)19)26(4)30(5,6)7;1-12(20)10(19)8(5-18)22-13(12,21-2)9-4-3-7-11(14)15-6-16-17(7)9;;/h12-13,15-16,18H,11H2,1-10H3;3-4,6,8,10,18-20H,5H2,1-2H3,(H2,14,15,16);2*1H4/t16-,18-,21-,22?;8-,10-,12-,13?;;/m11../s1. The van der Waals surface area contributed by atoms with E-state index in [1.54, 1.807) is 18.5 Å². The van der Waals surface area contributed by atoms with Crippen LogP contribution in [0.3, 0.4) is 0 Å². The van der Waals surface area contributed by atoms with Crippen LogP contribution in [0.15, 0.2) is 36.9 Å². The van der Waals surface area contributed by atoms with Crippen LogP contribution < -0.4 is 10.3 Å². The van der Waals surface area contributed by atoms with E-state index in [0.717, 1.165) is 17.8 Å². The van der Waals surface area contributed by atoms with Crippen LogP contribution >= 0.6 is 0 Å². The molecule has 2 aliphatic rings. The zero-order valence-electron chi connectivity index (χ0n) is 32.8. The van der Waals surface area contributed by atoms with E-state index in [0.29, 0.717) is 16.9 Å². The normalized spacial score (nSPS) is 30.7. The number of aromatic nitrogens is 6. The molecule has 0 aliphatic carbocycles. The first-order valence-electron chi connectivity index (χ1n) is 17.8. The highest BCUT2D eigenvalue weighted by Gasteiger charge is 2.67. The number of ether oxygens (including phenoxy) is 3. The molecule has 0 radical (unpaired) electrons. The van der Waals surface area contributed by atoms with Gasteiger partial charge in [0.15, 0.2) is 19.7 Å². The van der Waals surface area contributed by atoms with Gasteiger partial charge in [0.05, 0.1) is 18.4 Å². The van der Waals surface area contributed by atoms with Crippen LogP contribution in [-0.4, -0.2) is 111 Å². The number of hydrogen-bond donors (Lipinski definition) is 4. The van der Waals surface area contributed by atoms with Crippen molar-refractivity contribution in [3.63, 3.8) is 0 Å². The molecule has 8 atom stereocenters. The molecule has 0 saturated carbocycles. The molecule has 18 heteroatoms. The molecule has 5 N–H and O–H groups in total. The summed E-state index contributed by atoms with van der Waals surface area (Å²) in [4.78, 5) is 8.47. The maximum absolute atomic E-state index is 10.8. The van der Waals surface area contributed by atoms with E-state index in [1.807, 2.05) is 23.6 Å². The van der Waals surface area contributed by atoms with Crippen molar-refractivity contribution in [3.8, 4) is 6.07 Å². The zero-order valence-corrected chi connectivity index (χ0v) is 34.8. The van der Waals surface area contributed by atoms with E-state index < -0.39 is 58.0 Å². The zero-order chi connectivity index (χ0) is 39.5. The SMILES string of the molecule is C.C.CC[C@H]1OC(C#N)(c2ccc3c(N(C)[Si](C)(C)C)ncnn23)[C@](C)(O[Si](C)(C)C)[C@@H]1C.COC1(c2ccc3c(N)ncnn23)O[C@H](CO)[C@@H](O)[C@@]1(C)O. The van der Waals surface area contributed by atoms with Gasteiger partial charge in [-0.05, 0) is 71.2 Å². The predicted octanol–water partition coefficient (Wildman–Crippen LogP) is 4.66. The third kappa shape index (κ3) is 7.19. The highest BCUT2D eigenvalue weighted by atomic mass is 28.4. The molecule has 2 fully saturated rings. The predicted molar refractivity (Wildman–Crippen MR) is 217 cm³/mol. The second-order valence-corrected chi connectivity index (χ2v) is 25.7. The molecule has 55 heavy (non-hydrogen) atoms. The average molecular weight is 802 g/mol. The van der Waals surface area contributed by atoms with Gasteiger partial charge in [-0.3, -0.25) is 0 Å². The van der Waals surface area contributed by atoms with Crippen molar-refractivity contribution in [1.82, 2.24) is 29.2 Å². The number of aliphatic hydroxyl groups is 3. The molecule has 0 amide bonds. The molecule has 6 heterocycles. The molecule has 2 aliphatic heterocycles. The monoisotopic (exact) mass is 801 g/mol. The number of nitriles is 1. The number of nitrogens with zero attached hydrogens (tertiary/aromatic N) is 8. The largest absolute Gasteiger partial charge is 0.408 e. The van der Waals surface area contributed by atoms with Crippen molar-refractivity contribution < 1.29 is 34.0 Å². The maximum Gasteiger partial charge on any atom is 0.244 e. The number of anilines is 2. The molecule has 6 rings (SSSR count). The third-order valence-corrected chi connectivity index (χ3v) is 14.1. The Morgan fingerprint density at radius 2 is 1.53 bits per heavy atom. The quantitative estimate of drug-likeness (QED) is 0.170. The lowest BCUT2D eigenvalue weighted by atomic mass is 9.75. The summed E-state index contributed by atoms with van der Waals surface area (Å²) in [5.41, 5.74) is 4.35. The molecule has 4 aromatic heterocycles. The van der Waals surface area contributed by atoms with E-state index >= 15 is 0 Å². The van der Waals surface area contributed by atoms with Gasteiger partial charge in [-0.1, -0.05) is 48.3 Å². The van der Waals surface area contributed by atoms with Gasteiger partial charge in [0.2, 0.25) is 11.4 Å². The van der Waals surface area contributed by atoms with Crippen LogP contribution in [-0.2, 0) is 30.0 Å². The van der Waals surface area contributed by atoms with Gasteiger partial charge < -0.3 is 44.3 Å². The van der Waals surface area contributed by atoms with Crippen LogP contribution in [0.2, 0.25) is 39.3 Å². The average Bonchev–Trinajstić information content (AvgIpc) is 3.82. The highest BCUT2D eigenvalue weighted by molar-refractivity contribution is 6.79. The second kappa shape index (κ2) is 15.8.